The number of amides is 1. The molecule has 0 fully saturated rings. The molecule has 1 atom stereocenters. The zero-order chi connectivity index (χ0) is 18.7. The summed E-state index contributed by atoms with van der Waals surface area (Å²) < 4.78 is 0. The molecule has 2 rings (SSSR count). The van der Waals surface area contributed by atoms with Crippen LogP contribution in [0, 0.1) is 34.6 Å². The number of likely N-dealkylation sites (N-methyl/N-ethyl adjacent to an activating group) is 1. The van der Waals surface area contributed by atoms with E-state index < -0.39 is 0 Å². The van der Waals surface area contributed by atoms with Crippen molar-refractivity contribution in [2.24, 2.45) is 0 Å². The minimum Gasteiger partial charge on any atom is -0.324 e. The molecule has 0 bridgehead atoms. The second kappa shape index (κ2) is 7.83. The lowest BCUT2D eigenvalue weighted by Gasteiger charge is -2.25. The molecule has 1 amide bonds. The molecule has 0 aromatic heterocycles. The average molecular weight is 338 g/mol. The van der Waals surface area contributed by atoms with E-state index in [1.807, 2.05) is 27.8 Å². The molecule has 0 aliphatic carbocycles. The Morgan fingerprint density at radius 2 is 1.52 bits per heavy atom. The fourth-order valence-electron chi connectivity index (χ4n) is 3.23. The Kier molecular flexibility index (Phi) is 6.02. The Morgan fingerprint density at radius 3 is 2.08 bits per heavy atom. The van der Waals surface area contributed by atoms with Crippen molar-refractivity contribution < 1.29 is 4.79 Å². The highest BCUT2D eigenvalue weighted by Crippen LogP contribution is 2.22. The number of hydrogen-bond donors (Lipinski definition) is 1. The molecule has 25 heavy (non-hydrogen) atoms. The van der Waals surface area contributed by atoms with E-state index in [4.69, 9.17) is 0 Å². The molecular weight excluding hydrogens is 308 g/mol. The molecule has 0 heterocycles. The molecular formula is C22H30N2O. The topological polar surface area (TPSA) is 32.3 Å². The van der Waals surface area contributed by atoms with Gasteiger partial charge in [-0.05, 0) is 70.8 Å². The Balaban J connectivity index is 2.09. The molecule has 0 spiro atoms. The zero-order valence-corrected chi connectivity index (χ0v) is 16.5. The summed E-state index contributed by atoms with van der Waals surface area (Å²) in [7, 11) is 2.00. The van der Waals surface area contributed by atoms with Crippen LogP contribution in [0.1, 0.15) is 40.3 Å². The molecule has 0 radical (unpaired) electrons. The minimum atomic E-state index is -0.208. The van der Waals surface area contributed by atoms with Gasteiger partial charge < -0.3 is 5.32 Å². The summed E-state index contributed by atoms with van der Waals surface area (Å²) in [6.07, 6.45) is 0. The summed E-state index contributed by atoms with van der Waals surface area (Å²) in [4.78, 5) is 14.8. The standard InChI is InChI=1S/C22H30N2O/c1-14-8-9-20(16(3)10-14)13-24(7)19(6)22(25)23-21-17(4)11-15(2)12-18(21)5/h8-12,19H,13H2,1-7H3,(H,23,25)/t19-/m0/s1. The first-order valence-corrected chi connectivity index (χ1v) is 8.84. The van der Waals surface area contributed by atoms with Gasteiger partial charge in [0.25, 0.3) is 0 Å². The SMILES string of the molecule is Cc1ccc(CN(C)[C@@H](C)C(=O)Nc2c(C)cc(C)cc2C)c(C)c1. The maximum absolute atomic E-state index is 12.7. The lowest BCUT2D eigenvalue weighted by Crippen LogP contribution is -2.39. The number of nitrogens with zero attached hydrogens (tertiary/aromatic N) is 1. The molecule has 2 aromatic carbocycles. The zero-order valence-electron chi connectivity index (χ0n) is 16.5. The monoisotopic (exact) mass is 338 g/mol. The Hall–Kier alpha value is -2.13. The molecule has 2 aromatic rings. The maximum atomic E-state index is 12.7. The lowest BCUT2D eigenvalue weighted by molar-refractivity contribution is -0.120. The first kappa shape index (κ1) is 19.2. The van der Waals surface area contributed by atoms with E-state index >= 15 is 0 Å². The Morgan fingerprint density at radius 1 is 0.960 bits per heavy atom. The first-order chi connectivity index (χ1) is 11.7. The average Bonchev–Trinajstić information content (AvgIpc) is 2.52. The van der Waals surface area contributed by atoms with E-state index in [1.165, 1.54) is 22.3 Å². The van der Waals surface area contributed by atoms with Crippen LogP contribution in [0.25, 0.3) is 0 Å². The summed E-state index contributed by atoms with van der Waals surface area (Å²) in [5, 5.41) is 3.12. The van der Waals surface area contributed by atoms with Gasteiger partial charge in [-0.3, -0.25) is 9.69 Å². The summed E-state index contributed by atoms with van der Waals surface area (Å²) >= 11 is 0. The predicted molar refractivity (Wildman–Crippen MR) is 106 cm³/mol. The van der Waals surface area contributed by atoms with Crippen molar-refractivity contribution in [2.75, 3.05) is 12.4 Å². The fraction of sp³-hybridized carbons (Fsp3) is 0.409. The van der Waals surface area contributed by atoms with Gasteiger partial charge >= 0.3 is 0 Å². The predicted octanol–water partition coefficient (Wildman–Crippen LogP) is 4.69. The third-order valence-electron chi connectivity index (χ3n) is 4.88. The minimum absolute atomic E-state index is 0.0299. The van der Waals surface area contributed by atoms with Gasteiger partial charge in [-0.15, -0.1) is 0 Å². The fourth-order valence-corrected chi connectivity index (χ4v) is 3.23. The second-order valence-corrected chi connectivity index (χ2v) is 7.28. The number of anilines is 1. The molecule has 0 saturated carbocycles. The number of carbonyl (C=O) groups excluding carboxylic acids is 1. The number of benzene rings is 2. The van der Waals surface area contributed by atoms with Crippen LogP contribution in [0.4, 0.5) is 5.69 Å². The van der Waals surface area contributed by atoms with Crippen LogP contribution in [0.15, 0.2) is 30.3 Å². The van der Waals surface area contributed by atoms with Crippen LogP contribution in [-0.4, -0.2) is 23.9 Å². The molecule has 0 unspecified atom stereocenters. The molecule has 3 nitrogen and oxygen atoms in total. The quantitative estimate of drug-likeness (QED) is 0.858. The number of rotatable bonds is 5. The van der Waals surface area contributed by atoms with Gasteiger partial charge in [0.15, 0.2) is 0 Å². The number of nitrogens with one attached hydrogen (secondary N) is 1. The summed E-state index contributed by atoms with van der Waals surface area (Å²) in [6, 6.07) is 10.5. The third-order valence-corrected chi connectivity index (χ3v) is 4.88. The Labute approximate surface area is 152 Å². The van der Waals surface area contributed by atoms with Crippen molar-refractivity contribution in [1.29, 1.82) is 0 Å². The van der Waals surface area contributed by atoms with Crippen LogP contribution in [-0.2, 0) is 11.3 Å². The summed E-state index contributed by atoms with van der Waals surface area (Å²) in [5.41, 5.74) is 8.15. The van der Waals surface area contributed by atoms with Gasteiger partial charge in [0.1, 0.15) is 0 Å². The van der Waals surface area contributed by atoms with Gasteiger partial charge in [-0.1, -0.05) is 41.5 Å². The lowest BCUT2D eigenvalue weighted by atomic mass is 10.0. The molecule has 0 saturated heterocycles. The molecule has 3 heteroatoms. The van der Waals surface area contributed by atoms with Crippen LogP contribution in [0.2, 0.25) is 0 Å². The van der Waals surface area contributed by atoms with Crippen LogP contribution in [0.5, 0.6) is 0 Å². The van der Waals surface area contributed by atoms with Crippen molar-refractivity contribution >= 4 is 11.6 Å². The molecule has 134 valence electrons. The number of carbonyl (C=O) groups is 1. The molecule has 0 aliphatic rings. The van der Waals surface area contributed by atoms with Gasteiger partial charge in [0.05, 0.1) is 6.04 Å². The summed E-state index contributed by atoms with van der Waals surface area (Å²) in [6.45, 7) is 13.1. The van der Waals surface area contributed by atoms with Gasteiger partial charge in [-0.2, -0.15) is 0 Å². The molecule has 1 N–H and O–H groups in total. The van der Waals surface area contributed by atoms with Gasteiger partial charge in [0, 0.05) is 12.2 Å². The van der Waals surface area contributed by atoms with Crippen molar-refractivity contribution in [2.45, 2.75) is 54.1 Å². The maximum Gasteiger partial charge on any atom is 0.241 e. The second-order valence-electron chi connectivity index (χ2n) is 7.28. The Bertz CT molecular complexity index is 757. The highest BCUT2D eigenvalue weighted by Gasteiger charge is 2.20. The van der Waals surface area contributed by atoms with Crippen molar-refractivity contribution in [3.63, 3.8) is 0 Å². The van der Waals surface area contributed by atoms with Crippen LogP contribution in [0.3, 0.4) is 0 Å². The number of aryl methyl sites for hydroxylation is 5. The van der Waals surface area contributed by atoms with E-state index in [2.05, 4.69) is 61.3 Å². The van der Waals surface area contributed by atoms with Crippen molar-refractivity contribution in [3.8, 4) is 0 Å². The largest absolute Gasteiger partial charge is 0.324 e. The highest BCUT2D eigenvalue weighted by atomic mass is 16.2. The summed E-state index contributed by atoms with van der Waals surface area (Å²) in [5.74, 6) is 0.0299. The highest BCUT2D eigenvalue weighted by molar-refractivity contribution is 5.95. The van der Waals surface area contributed by atoms with E-state index in [9.17, 15) is 4.79 Å². The van der Waals surface area contributed by atoms with Gasteiger partial charge in [0.2, 0.25) is 5.91 Å². The van der Waals surface area contributed by atoms with Crippen molar-refractivity contribution in [3.05, 3.63) is 63.7 Å². The first-order valence-electron chi connectivity index (χ1n) is 8.84. The molecule has 0 aliphatic heterocycles. The third kappa shape index (κ3) is 4.70. The van der Waals surface area contributed by atoms with Crippen LogP contribution >= 0.6 is 0 Å². The van der Waals surface area contributed by atoms with Gasteiger partial charge in [-0.25, -0.2) is 0 Å². The van der Waals surface area contributed by atoms with E-state index in [1.54, 1.807) is 0 Å². The van der Waals surface area contributed by atoms with Crippen LogP contribution < -0.4 is 5.32 Å². The van der Waals surface area contributed by atoms with Crippen molar-refractivity contribution in [1.82, 2.24) is 4.90 Å². The van der Waals surface area contributed by atoms with E-state index in [-0.39, 0.29) is 11.9 Å². The number of hydrogen-bond acceptors (Lipinski definition) is 2. The normalized spacial score (nSPS) is 12.3. The van der Waals surface area contributed by atoms with E-state index in [0.717, 1.165) is 23.4 Å². The smallest absolute Gasteiger partial charge is 0.241 e. The van der Waals surface area contributed by atoms with E-state index in [0.29, 0.717) is 0 Å².